The highest BCUT2D eigenvalue weighted by Gasteiger charge is 2.40. The second kappa shape index (κ2) is 9.88. The highest BCUT2D eigenvalue weighted by Crippen LogP contribution is 2.41. The van der Waals surface area contributed by atoms with Gasteiger partial charge in [-0.1, -0.05) is 18.2 Å². The number of benzene rings is 2. The molecule has 0 aliphatic carbocycles. The van der Waals surface area contributed by atoms with Gasteiger partial charge >= 0.3 is 12.2 Å². The first-order chi connectivity index (χ1) is 18.1. The van der Waals surface area contributed by atoms with Gasteiger partial charge in [-0.2, -0.15) is 13.2 Å². The number of nitrogens with zero attached hydrogens (tertiary/aromatic N) is 4. The van der Waals surface area contributed by atoms with Crippen LogP contribution in [0.15, 0.2) is 72.6 Å². The van der Waals surface area contributed by atoms with Gasteiger partial charge < -0.3 is 21.7 Å². The number of carbonyl (C=O) groups excluding carboxylic acids is 1. The zero-order valence-electron chi connectivity index (χ0n) is 20.3. The van der Waals surface area contributed by atoms with Crippen LogP contribution in [0.25, 0.3) is 11.3 Å². The van der Waals surface area contributed by atoms with Gasteiger partial charge in [0.1, 0.15) is 0 Å². The number of aromatic nitrogens is 1. The summed E-state index contributed by atoms with van der Waals surface area (Å²) in [7, 11) is 0. The van der Waals surface area contributed by atoms with Crippen LogP contribution in [0, 0.1) is 0 Å². The van der Waals surface area contributed by atoms with Crippen LogP contribution in [0.1, 0.15) is 12.0 Å². The summed E-state index contributed by atoms with van der Waals surface area (Å²) < 4.78 is 39.9. The number of pyridine rings is 1. The Hall–Kier alpha value is -4.29. The van der Waals surface area contributed by atoms with E-state index in [1.54, 1.807) is 47.4 Å². The van der Waals surface area contributed by atoms with E-state index in [0.29, 0.717) is 40.7 Å². The van der Waals surface area contributed by atoms with Crippen molar-refractivity contribution >= 4 is 28.9 Å². The predicted octanol–water partition coefficient (Wildman–Crippen LogP) is 3.84. The molecule has 3 heterocycles. The minimum absolute atomic E-state index is 0.131. The summed E-state index contributed by atoms with van der Waals surface area (Å²) in [5.74, 6) is 6.45. The van der Waals surface area contributed by atoms with E-state index in [9.17, 15) is 18.0 Å². The Morgan fingerprint density at radius 2 is 1.95 bits per heavy atom. The molecule has 1 atom stereocenters. The predicted molar refractivity (Wildman–Crippen MR) is 141 cm³/mol. The lowest BCUT2D eigenvalue weighted by atomic mass is 10.1. The number of hydrogen-bond donors (Lipinski definition) is 4. The highest BCUT2D eigenvalue weighted by molar-refractivity contribution is 6.05. The number of nitrogens with one attached hydrogen (secondary N) is 1. The average Bonchev–Trinajstić information content (AvgIpc) is 3.32. The van der Waals surface area contributed by atoms with Crippen LogP contribution in [0.2, 0.25) is 0 Å². The van der Waals surface area contributed by atoms with Crippen LogP contribution in [0.4, 0.5) is 40.8 Å². The molecule has 198 valence electrons. The molecule has 38 heavy (non-hydrogen) atoms. The highest BCUT2D eigenvalue weighted by atomic mass is 19.4. The third-order valence-electron chi connectivity index (χ3n) is 6.59. The number of alkyl halides is 3. The average molecular weight is 525 g/mol. The molecule has 0 spiro atoms. The lowest BCUT2D eigenvalue weighted by Crippen LogP contribution is -2.48. The molecule has 2 bridgehead atoms. The molecule has 2 aromatic carbocycles. The normalized spacial score (nSPS) is 16.9. The van der Waals surface area contributed by atoms with Crippen molar-refractivity contribution in [2.45, 2.75) is 18.6 Å². The number of rotatable bonds is 5. The van der Waals surface area contributed by atoms with Gasteiger partial charge in [0, 0.05) is 42.8 Å². The van der Waals surface area contributed by atoms with Gasteiger partial charge in [-0.05, 0) is 48.9 Å². The number of nitrogens with two attached hydrogens (primary N) is 3. The van der Waals surface area contributed by atoms with Crippen LogP contribution >= 0.6 is 0 Å². The first kappa shape index (κ1) is 25.4. The maximum atomic E-state index is 13.6. The molecule has 2 amide bonds. The smallest absolute Gasteiger partial charge is 0.400 e. The Morgan fingerprint density at radius 1 is 1.16 bits per heavy atom. The quantitative estimate of drug-likeness (QED) is 0.295. The number of hydrazine groups is 1. The standard InChI is InChI=1S/C26H27F3N8O/c27-26(28,29)17-4-1-3-16(11-17)22-7-8-23-24(34-22)37(21-9-10-35(23)15-21)25(38)33-19-5-2-6-20(12-19)36(32)14-18(31)13-30/h1-8,11-12,14,21H,9-10,13,15,30-32H2,(H,33,38)/b18-14-/t21-/m0/s1. The lowest BCUT2D eigenvalue weighted by Gasteiger charge is -2.36. The third kappa shape index (κ3) is 4.95. The molecule has 0 saturated carbocycles. The molecule has 2 aliphatic heterocycles. The molecule has 0 radical (unpaired) electrons. The summed E-state index contributed by atoms with van der Waals surface area (Å²) in [6.07, 6.45) is -2.24. The lowest BCUT2D eigenvalue weighted by molar-refractivity contribution is -0.137. The van der Waals surface area contributed by atoms with Crippen molar-refractivity contribution in [3.05, 3.63) is 78.1 Å². The Kier molecular flexibility index (Phi) is 6.59. The van der Waals surface area contributed by atoms with Crippen LogP contribution in [0.3, 0.4) is 0 Å². The second-order valence-electron chi connectivity index (χ2n) is 9.17. The number of hydrogen-bond acceptors (Lipinski definition) is 7. The Balaban J connectivity index is 1.45. The summed E-state index contributed by atoms with van der Waals surface area (Å²) >= 11 is 0. The summed E-state index contributed by atoms with van der Waals surface area (Å²) in [4.78, 5) is 22.0. The number of anilines is 4. The third-order valence-corrected chi connectivity index (χ3v) is 6.59. The van der Waals surface area contributed by atoms with Crippen LogP contribution in [0.5, 0.6) is 0 Å². The molecule has 1 saturated heterocycles. The fourth-order valence-electron chi connectivity index (χ4n) is 4.72. The van der Waals surface area contributed by atoms with E-state index in [4.69, 9.17) is 17.3 Å². The molecule has 0 unspecified atom stereocenters. The van der Waals surface area contributed by atoms with E-state index in [-0.39, 0.29) is 12.6 Å². The van der Waals surface area contributed by atoms with Crippen molar-refractivity contribution in [2.75, 3.05) is 39.8 Å². The van der Waals surface area contributed by atoms with Gasteiger partial charge in [0.2, 0.25) is 0 Å². The minimum Gasteiger partial charge on any atom is -0.400 e. The zero-order valence-corrected chi connectivity index (χ0v) is 20.3. The Bertz CT molecular complexity index is 1390. The van der Waals surface area contributed by atoms with Crippen LogP contribution in [-0.2, 0) is 6.18 Å². The molecule has 2 aliphatic rings. The maximum Gasteiger partial charge on any atom is 0.416 e. The number of urea groups is 1. The van der Waals surface area contributed by atoms with Crippen LogP contribution in [-0.4, -0.2) is 36.7 Å². The number of fused-ring (bicyclic) bond motifs is 4. The topological polar surface area (TPSA) is 130 Å². The molecule has 7 N–H and O–H groups in total. The summed E-state index contributed by atoms with van der Waals surface area (Å²) in [5, 5.41) is 4.22. The molecular weight excluding hydrogens is 497 g/mol. The van der Waals surface area contributed by atoms with E-state index in [2.05, 4.69) is 15.2 Å². The summed E-state index contributed by atoms with van der Waals surface area (Å²) in [5.41, 5.74) is 13.4. The summed E-state index contributed by atoms with van der Waals surface area (Å²) in [6.45, 7) is 1.54. The Morgan fingerprint density at radius 3 is 2.71 bits per heavy atom. The van der Waals surface area contributed by atoms with Gasteiger partial charge in [0.25, 0.3) is 0 Å². The molecule has 1 aromatic heterocycles. The fraction of sp³-hybridized carbons (Fsp3) is 0.231. The van der Waals surface area contributed by atoms with Crippen molar-refractivity contribution in [3.8, 4) is 11.3 Å². The van der Waals surface area contributed by atoms with Crippen molar-refractivity contribution in [3.63, 3.8) is 0 Å². The van der Waals surface area contributed by atoms with Gasteiger partial charge in [0.05, 0.1) is 28.7 Å². The number of halogens is 3. The van der Waals surface area contributed by atoms with E-state index in [1.165, 1.54) is 17.3 Å². The fourth-order valence-corrected chi connectivity index (χ4v) is 4.72. The van der Waals surface area contributed by atoms with Gasteiger partial charge in [-0.15, -0.1) is 0 Å². The first-order valence-electron chi connectivity index (χ1n) is 12.0. The largest absolute Gasteiger partial charge is 0.416 e. The molecule has 3 aromatic rings. The van der Waals surface area contributed by atoms with Gasteiger partial charge in [0.15, 0.2) is 5.82 Å². The van der Waals surface area contributed by atoms with E-state index >= 15 is 0 Å². The maximum absolute atomic E-state index is 13.6. The van der Waals surface area contributed by atoms with Gasteiger partial charge in [-0.25, -0.2) is 15.6 Å². The van der Waals surface area contributed by atoms with Crippen molar-refractivity contribution in [1.82, 2.24) is 4.98 Å². The van der Waals surface area contributed by atoms with Gasteiger partial charge in [-0.3, -0.25) is 9.91 Å². The second-order valence-corrected chi connectivity index (χ2v) is 9.17. The molecule has 12 heteroatoms. The van der Waals surface area contributed by atoms with E-state index < -0.39 is 17.8 Å². The number of amides is 2. The molecule has 1 fully saturated rings. The van der Waals surface area contributed by atoms with Crippen LogP contribution < -0.4 is 37.4 Å². The Labute approximate surface area is 217 Å². The first-order valence-corrected chi connectivity index (χ1v) is 12.0. The number of carbonyl (C=O) groups is 1. The summed E-state index contributed by atoms with van der Waals surface area (Å²) in [6, 6.07) is 14.9. The monoisotopic (exact) mass is 524 g/mol. The van der Waals surface area contributed by atoms with Crippen molar-refractivity contribution in [2.24, 2.45) is 17.3 Å². The zero-order chi connectivity index (χ0) is 27.0. The molecule has 5 rings (SSSR count). The minimum atomic E-state index is -4.47. The van der Waals surface area contributed by atoms with Crippen molar-refractivity contribution in [1.29, 1.82) is 0 Å². The van der Waals surface area contributed by atoms with E-state index in [1.807, 2.05) is 0 Å². The van der Waals surface area contributed by atoms with E-state index in [0.717, 1.165) is 30.8 Å². The SMILES string of the molecule is NC/C(N)=C/N(N)c1cccc(NC(=O)N2c3nc(-c4cccc(C(F)(F)F)c4)ccc3N3CC[C@H]2C3)c1. The molecule has 9 nitrogen and oxygen atoms in total. The molecular formula is C26H27F3N8O. The van der Waals surface area contributed by atoms with Crippen molar-refractivity contribution < 1.29 is 18.0 Å².